The lowest BCUT2D eigenvalue weighted by atomic mass is 9.83. The van der Waals surface area contributed by atoms with E-state index in [2.05, 4.69) is 35.8 Å². The number of nitrogens with zero attached hydrogens (tertiary/aromatic N) is 4. The van der Waals surface area contributed by atoms with Crippen LogP contribution >= 0.6 is 11.6 Å². The van der Waals surface area contributed by atoms with Gasteiger partial charge in [0.05, 0.1) is 11.2 Å². The van der Waals surface area contributed by atoms with Gasteiger partial charge in [0.2, 0.25) is 0 Å². The predicted molar refractivity (Wildman–Crippen MR) is 100.0 cm³/mol. The number of benzene rings is 1. The molecule has 2 aromatic heterocycles. The highest BCUT2D eigenvalue weighted by molar-refractivity contribution is 6.33. The Kier molecular flexibility index (Phi) is 5.04. The summed E-state index contributed by atoms with van der Waals surface area (Å²) in [6.07, 6.45) is 4.83. The van der Waals surface area contributed by atoms with E-state index in [9.17, 15) is 4.79 Å². The molecule has 6 nitrogen and oxygen atoms in total. The molecule has 134 valence electrons. The van der Waals surface area contributed by atoms with Crippen LogP contribution in [0.3, 0.4) is 0 Å². The third-order valence-electron chi connectivity index (χ3n) is 3.83. The van der Waals surface area contributed by atoms with Crippen molar-refractivity contribution in [1.29, 1.82) is 0 Å². The lowest BCUT2D eigenvalue weighted by molar-refractivity contribution is 0.0587. The van der Waals surface area contributed by atoms with Crippen LogP contribution in [-0.2, 0) is 12.0 Å². The molecule has 0 aliphatic rings. The van der Waals surface area contributed by atoms with Crippen molar-refractivity contribution < 1.29 is 4.84 Å². The van der Waals surface area contributed by atoms with Crippen molar-refractivity contribution in [3.63, 3.8) is 0 Å². The number of halogens is 1. The number of hydrogen-bond acceptors (Lipinski definition) is 5. The number of hydrogen-bond donors (Lipinski definition) is 0. The van der Waals surface area contributed by atoms with Crippen molar-refractivity contribution in [1.82, 2.24) is 19.9 Å². The molecule has 0 aliphatic heterocycles. The minimum atomic E-state index is -0.328. The van der Waals surface area contributed by atoms with Crippen LogP contribution < -0.4 is 10.4 Å². The van der Waals surface area contributed by atoms with Crippen LogP contribution in [0, 0.1) is 0 Å². The van der Waals surface area contributed by atoms with Crippen LogP contribution in [0.1, 0.15) is 31.9 Å². The van der Waals surface area contributed by atoms with Gasteiger partial charge in [-0.15, -0.1) is 5.10 Å². The molecule has 0 saturated heterocycles. The van der Waals surface area contributed by atoms with Gasteiger partial charge in [-0.1, -0.05) is 37.2 Å². The molecule has 0 radical (unpaired) electrons. The molecule has 2 heterocycles. The summed E-state index contributed by atoms with van der Waals surface area (Å²) in [7, 11) is 0. The first-order valence-electron chi connectivity index (χ1n) is 8.14. The van der Waals surface area contributed by atoms with Crippen molar-refractivity contribution >= 4 is 11.6 Å². The highest BCUT2D eigenvalue weighted by Gasteiger charge is 2.22. The molecule has 0 amide bonds. The van der Waals surface area contributed by atoms with E-state index in [4.69, 9.17) is 16.4 Å². The van der Waals surface area contributed by atoms with Crippen molar-refractivity contribution in [3.8, 4) is 11.4 Å². The monoisotopic (exact) mass is 370 g/mol. The maximum absolute atomic E-state index is 11.8. The number of rotatable bonds is 4. The average molecular weight is 371 g/mol. The van der Waals surface area contributed by atoms with Crippen molar-refractivity contribution in [2.75, 3.05) is 0 Å². The lowest BCUT2D eigenvalue weighted by Crippen LogP contribution is -2.28. The molecule has 3 aromatic rings. The maximum atomic E-state index is 11.8. The summed E-state index contributed by atoms with van der Waals surface area (Å²) >= 11 is 6.50. The second-order valence-electron chi connectivity index (χ2n) is 6.82. The van der Waals surface area contributed by atoms with Crippen LogP contribution in [0.25, 0.3) is 11.4 Å². The summed E-state index contributed by atoms with van der Waals surface area (Å²) in [5, 5.41) is 4.48. The summed E-state index contributed by atoms with van der Waals surface area (Å²) in [6.45, 7) is 6.44. The Morgan fingerprint density at radius 1 is 1.12 bits per heavy atom. The molecule has 0 saturated carbocycles. The van der Waals surface area contributed by atoms with Crippen molar-refractivity contribution in [2.45, 2.75) is 32.8 Å². The van der Waals surface area contributed by atoms with Gasteiger partial charge >= 0.3 is 5.56 Å². The van der Waals surface area contributed by atoms with E-state index in [1.807, 2.05) is 12.1 Å². The zero-order valence-corrected chi connectivity index (χ0v) is 15.6. The first-order chi connectivity index (χ1) is 12.4. The van der Waals surface area contributed by atoms with Crippen LogP contribution in [0.5, 0.6) is 0 Å². The molecule has 3 rings (SSSR count). The fourth-order valence-electron chi connectivity index (χ4n) is 2.62. The molecule has 7 heteroatoms. The first kappa shape index (κ1) is 18.1. The van der Waals surface area contributed by atoms with Gasteiger partial charge in [-0.05, 0) is 40.8 Å². The van der Waals surface area contributed by atoms with Crippen molar-refractivity contribution in [2.24, 2.45) is 0 Å². The summed E-state index contributed by atoms with van der Waals surface area (Å²) in [4.78, 5) is 26.9. The molecule has 0 fully saturated rings. The van der Waals surface area contributed by atoms with Crippen LogP contribution in [-0.4, -0.2) is 19.9 Å². The van der Waals surface area contributed by atoms with E-state index < -0.39 is 0 Å². The van der Waals surface area contributed by atoms with Gasteiger partial charge in [0.15, 0.2) is 5.82 Å². The third kappa shape index (κ3) is 3.91. The van der Waals surface area contributed by atoms with E-state index in [1.165, 1.54) is 12.3 Å². The van der Waals surface area contributed by atoms with Gasteiger partial charge < -0.3 is 4.84 Å². The molecular weight excluding hydrogens is 352 g/mol. The highest BCUT2D eigenvalue weighted by Crippen LogP contribution is 2.34. The Morgan fingerprint density at radius 3 is 2.50 bits per heavy atom. The Hall–Kier alpha value is -2.73. The van der Waals surface area contributed by atoms with Gasteiger partial charge in [0, 0.05) is 24.0 Å². The van der Waals surface area contributed by atoms with Crippen LogP contribution in [0.2, 0.25) is 5.02 Å². The standard InChI is InChI=1S/C19H19ClN4O2/c1-19(2,3)15-11-16(20)14(18-21-7-5-8-22-18)10-13(15)12-26-24-17(25)6-4-9-23-24/h4-11H,12H2,1-3H3. The molecule has 0 N–H and O–H groups in total. The fraction of sp³-hybridized carbons (Fsp3) is 0.263. The predicted octanol–water partition coefficient (Wildman–Crippen LogP) is 3.28. The zero-order chi connectivity index (χ0) is 18.7. The minimum absolute atomic E-state index is 0.159. The quantitative estimate of drug-likeness (QED) is 0.704. The molecule has 0 atom stereocenters. The Balaban J connectivity index is 2.03. The smallest absolute Gasteiger partial charge is 0.303 e. The second kappa shape index (κ2) is 7.25. The first-order valence-corrected chi connectivity index (χ1v) is 8.52. The van der Waals surface area contributed by atoms with Gasteiger partial charge in [0.25, 0.3) is 0 Å². The van der Waals surface area contributed by atoms with Crippen LogP contribution in [0.15, 0.2) is 53.7 Å². The highest BCUT2D eigenvalue weighted by atomic mass is 35.5. The van der Waals surface area contributed by atoms with Crippen molar-refractivity contribution in [3.05, 3.63) is 75.4 Å². The van der Waals surface area contributed by atoms with Gasteiger partial charge in [0.1, 0.15) is 6.61 Å². The lowest BCUT2D eigenvalue weighted by Gasteiger charge is -2.24. The van der Waals surface area contributed by atoms with Gasteiger partial charge in [-0.25, -0.2) is 9.97 Å². The normalized spacial score (nSPS) is 11.4. The van der Waals surface area contributed by atoms with E-state index in [1.54, 1.807) is 24.5 Å². The van der Waals surface area contributed by atoms with E-state index in [0.717, 1.165) is 16.0 Å². The summed E-state index contributed by atoms with van der Waals surface area (Å²) in [6, 6.07) is 8.52. The maximum Gasteiger partial charge on any atom is 0.303 e. The molecule has 0 aliphatic carbocycles. The molecule has 0 spiro atoms. The van der Waals surface area contributed by atoms with Gasteiger partial charge in [-0.2, -0.15) is 0 Å². The van der Waals surface area contributed by atoms with E-state index >= 15 is 0 Å². The second-order valence-corrected chi connectivity index (χ2v) is 7.23. The summed E-state index contributed by atoms with van der Waals surface area (Å²) in [5.74, 6) is 0.536. The SMILES string of the molecule is CC(C)(C)c1cc(Cl)c(-c2ncccn2)cc1COn1ncccc1=O. The summed E-state index contributed by atoms with van der Waals surface area (Å²) < 4.78 is 0. The molecule has 0 bridgehead atoms. The Bertz CT molecular complexity index is 965. The molecular formula is C19H19ClN4O2. The molecule has 0 unspecified atom stereocenters. The number of aromatic nitrogens is 4. The third-order valence-corrected chi connectivity index (χ3v) is 4.15. The van der Waals surface area contributed by atoms with Crippen LogP contribution in [0.4, 0.5) is 0 Å². The molecule has 26 heavy (non-hydrogen) atoms. The fourth-order valence-corrected chi connectivity index (χ4v) is 2.87. The van der Waals surface area contributed by atoms with Gasteiger partial charge in [-0.3, -0.25) is 4.79 Å². The Labute approximate surface area is 156 Å². The minimum Gasteiger partial charge on any atom is -0.389 e. The molecule has 1 aromatic carbocycles. The zero-order valence-electron chi connectivity index (χ0n) is 14.8. The van der Waals surface area contributed by atoms with E-state index in [-0.39, 0.29) is 17.6 Å². The average Bonchev–Trinajstić information content (AvgIpc) is 2.61. The Morgan fingerprint density at radius 2 is 1.85 bits per heavy atom. The summed E-state index contributed by atoms with van der Waals surface area (Å²) in [5.41, 5.74) is 2.14. The van der Waals surface area contributed by atoms with E-state index in [0.29, 0.717) is 16.4 Å². The largest absolute Gasteiger partial charge is 0.389 e. The topological polar surface area (TPSA) is 69.9 Å².